The number of aryl methyl sites for hydroxylation is 3. The quantitative estimate of drug-likeness (QED) is 0.939. The van der Waals surface area contributed by atoms with E-state index in [0.717, 1.165) is 5.56 Å². The fourth-order valence-corrected chi connectivity index (χ4v) is 1.94. The second kappa shape index (κ2) is 5.40. The molecule has 2 aromatic rings. The van der Waals surface area contributed by atoms with Crippen molar-refractivity contribution < 1.29 is 4.79 Å². The fraction of sp³-hybridized carbons (Fsp3) is 0.308. The van der Waals surface area contributed by atoms with Crippen LogP contribution in [0.2, 0.25) is 5.02 Å². The summed E-state index contributed by atoms with van der Waals surface area (Å²) in [6.07, 6.45) is 1.69. The third kappa shape index (κ3) is 2.76. The van der Waals surface area contributed by atoms with Crippen molar-refractivity contribution in [2.45, 2.75) is 27.3 Å². The van der Waals surface area contributed by atoms with Gasteiger partial charge in [0.05, 0.1) is 10.7 Å². The molecule has 0 unspecified atom stereocenters. The summed E-state index contributed by atoms with van der Waals surface area (Å²) in [6.45, 7) is 6.20. The van der Waals surface area contributed by atoms with Gasteiger partial charge in [0.25, 0.3) is 5.91 Å². The molecule has 0 saturated carbocycles. The number of hydrogen-bond acceptors (Lipinski definition) is 3. The molecule has 1 amide bonds. The molecule has 2 heterocycles. The van der Waals surface area contributed by atoms with Gasteiger partial charge in [-0.2, -0.15) is 5.10 Å². The Bertz CT molecular complexity index is 604. The number of aromatic nitrogens is 3. The molecule has 2 rings (SSSR count). The van der Waals surface area contributed by atoms with Crippen LogP contribution in [-0.2, 0) is 6.54 Å². The molecule has 0 fully saturated rings. The average Bonchev–Trinajstić information content (AvgIpc) is 2.68. The van der Waals surface area contributed by atoms with Crippen LogP contribution in [0.5, 0.6) is 0 Å². The highest BCUT2D eigenvalue weighted by Gasteiger charge is 2.20. The van der Waals surface area contributed by atoms with E-state index in [9.17, 15) is 4.79 Å². The highest BCUT2D eigenvalue weighted by molar-refractivity contribution is 6.34. The maximum Gasteiger partial charge on any atom is 0.276 e. The number of carbonyl (C=O) groups is 1. The van der Waals surface area contributed by atoms with Gasteiger partial charge in [0.2, 0.25) is 0 Å². The topological polar surface area (TPSA) is 59.8 Å². The lowest BCUT2D eigenvalue weighted by Crippen LogP contribution is -2.18. The summed E-state index contributed by atoms with van der Waals surface area (Å²) in [7, 11) is 0. The van der Waals surface area contributed by atoms with Crippen molar-refractivity contribution in [3.05, 3.63) is 40.3 Å². The summed E-state index contributed by atoms with van der Waals surface area (Å²) in [5.74, 6) is 0.192. The zero-order valence-corrected chi connectivity index (χ0v) is 11.8. The zero-order chi connectivity index (χ0) is 14.0. The van der Waals surface area contributed by atoms with Crippen molar-refractivity contribution in [3.63, 3.8) is 0 Å². The minimum Gasteiger partial charge on any atom is -0.305 e. The lowest BCUT2D eigenvalue weighted by Gasteiger charge is -2.06. The summed E-state index contributed by atoms with van der Waals surface area (Å²) in [5.41, 5.74) is 2.04. The van der Waals surface area contributed by atoms with Gasteiger partial charge in [0, 0.05) is 12.7 Å². The van der Waals surface area contributed by atoms with Gasteiger partial charge in [-0.15, -0.1) is 0 Å². The Balaban J connectivity index is 2.27. The number of halogens is 1. The summed E-state index contributed by atoms with van der Waals surface area (Å²) in [4.78, 5) is 16.3. The van der Waals surface area contributed by atoms with Gasteiger partial charge in [0.15, 0.2) is 0 Å². The Labute approximate surface area is 116 Å². The molecule has 6 heteroatoms. The molecule has 1 N–H and O–H groups in total. The van der Waals surface area contributed by atoms with Crippen LogP contribution < -0.4 is 5.32 Å². The van der Waals surface area contributed by atoms with Gasteiger partial charge in [-0.1, -0.05) is 17.7 Å². The van der Waals surface area contributed by atoms with Gasteiger partial charge in [-0.3, -0.25) is 9.48 Å². The smallest absolute Gasteiger partial charge is 0.276 e. The van der Waals surface area contributed by atoms with Crippen molar-refractivity contribution in [3.8, 4) is 0 Å². The van der Waals surface area contributed by atoms with Gasteiger partial charge in [-0.25, -0.2) is 4.98 Å². The first-order chi connectivity index (χ1) is 9.02. The summed E-state index contributed by atoms with van der Waals surface area (Å²) < 4.78 is 1.58. The highest BCUT2D eigenvalue weighted by atomic mass is 35.5. The van der Waals surface area contributed by atoms with E-state index in [4.69, 9.17) is 11.6 Å². The van der Waals surface area contributed by atoms with E-state index in [1.54, 1.807) is 23.9 Å². The summed E-state index contributed by atoms with van der Waals surface area (Å²) in [5, 5.41) is 7.31. The van der Waals surface area contributed by atoms with Crippen molar-refractivity contribution in [1.29, 1.82) is 0 Å². The second-order valence-corrected chi connectivity index (χ2v) is 4.62. The molecular formula is C13H15ClN4O. The number of rotatable bonds is 3. The third-order valence-corrected chi connectivity index (χ3v) is 3.17. The Hall–Kier alpha value is -1.88. The fourth-order valence-electron chi connectivity index (χ4n) is 1.72. The molecule has 0 spiro atoms. The predicted molar refractivity (Wildman–Crippen MR) is 74.6 cm³/mol. The first-order valence-electron chi connectivity index (χ1n) is 5.99. The van der Waals surface area contributed by atoms with Crippen LogP contribution in [0.3, 0.4) is 0 Å². The van der Waals surface area contributed by atoms with Crippen LogP contribution in [-0.4, -0.2) is 20.7 Å². The monoisotopic (exact) mass is 278 g/mol. The molecule has 0 atom stereocenters. The summed E-state index contributed by atoms with van der Waals surface area (Å²) in [6, 6.07) is 3.63. The standard InChI is InChI=1S/C13H15ClN4O/c1-4-18-12(11(14)9(3)17-18)13(19)16-10-6-5-8(2)7-15-10/h5-7H,4H2,1-3H3,(H,15,16,19). The first-order valence-corrected chi connectivity index (χ1v) is 6.37. The zero-order valence-electron chi connectivity index (χ0n) is 11.1. The van der Waals surface area contributed by atoms with Gasteiger partial charge in [0.1, 0.15) is 11.5 Å². The lowest BCUT2D eigenvalue weighted by molar-refractivity contribution is 0.101. The van der Waals surface area contributed by atoms with Crippen LogP contribution in [0.25, 0.3) is 0 Å². The molecule has 0 aliphatic heterocycles. The van der Waals surface area contributed by atoms with Crippen LogP contribution >= 0.6 is 11.6 Å². The number of hydrogen-bond donors (Lipinski definition) is 1. The Morgan fingerprint density at radius 2 is 2.16 bits per heavy atom. The molecule has 0 radical (unpaired) electrons. The number of anilines is 1. The maximum absolute atomic E-state index is 12.2. The van der Waals surface area contributed by atoms with E-state index in [1.165, 1.54) is 0 Å². The molecular weight excluding hydrogens is 264 g/mol. The maximum atomic E-state index is 12.2. The normalized spacial score (nSPS) is 10.5. The van der Waals surface area contributed by atoms with Gasteiger partial charge < -0.3 is 5.32 Å². The highest BCUT2D eigenvalue weighted by Crippen LogP contribution is 2.21. The number of nitrogens with one attached hydrogen (secondary N) is 1. The lowest BCUT2D eigenvalue weighted by atomic mass is 10.3. The molecule has 0 aromatic carbocycles. The molecule has 100 valence electrons. The predicted octanol–water partition coefficient (Wildman–Crippen LogP) is 2.82. The van der Waals surface area contributed by atoms with Crippen LogP contribution in [0.1, 0.15) is 28.7 Å². The van der Waals surface area contributed by atoms with Crippen molar-refractivity contribution in [2.24, 2.45) is 0 Å². The first kappa shape index (κ1) is 13.5. The van der Waals surface area contributed by atoms with Gasteiger partial charge in [-0.05, 0) is 32.4 Å². The number of amides is 1. The van der Waals surface area contributed by atoms with Crippen molar-refractivity contribution in [1.82, 2.24) is 14.8 Å². The number of nitrogens with zero attached hydrogens (tertiary/aromatic N) is 3. The Kier molecular flexibility index (Phi) is 3.85. The van der Waals surface area contributed by atoms with Crippen LogP contribution in [0.15, 0.2) is 18.3 Å². The SMILES string of the molecule is CCn1nc(C)c(Cl)c1C(=O)Nc1ccc(C)cn1. The largest absolute Gasteiger partial charge is 0.305 e. The van der Waals surface area contributed by atoms with E-state index >= 15 is 0 Å². The minimum atomic E-state index is -0.302. The van der Waals surface area contributed by atoms with E-state index < -0.39 is 0 Å². The minimum absolute atomic E-state index is 0.302. The molecule has 19 heavy (non-hydrogen) atoms. The molecule has 0 saturated heterocycles. The molecule has 5 nitrogen and oxygen atoms in total. The summed E-state index contributed by atoms with van der Waals surface area (Å²) >= 11 is 6.11. The van der Waals surface area contributed by atoms with Crippen molar-refractivity contribution in [2.75, 3.05) is 5.32 Å². The van der Waals surface area contributed by atoms with E-state index in [1.807, 2.05) is 19.9 Å². The molecule has 2 aromatic heterocycles. The molecule has 0 aliphatic rings. The molecule has 0 bridgehead atoms. The van der Waals surface area contributed by atoms with E-state index in [-0.39, 0.29) is 5.91 Å². The van der Waals surface area contributed by atoms with Crippen LogP contribution in [0, 0.1) is 13.8 Å². The average molecular weight is 279 g/mol. The Morgan fingerprint density at radius 1 is 1.42 bits per heavy atom. The third-order valence-electron chi connectivity index (χ3n) is 2.72. The number of pyridine rings is 1. The molecule has 0 aliphatic carbocycles. The van der Waals surface area contributed by atoms with E-state index in [0.29, 0.717) is 28.8 Å². The van der Waals surface area contributed by atoms with E-state index in [2.05, 4.69) is 15.4 Å². The van der Waals surface area contributed by atoms with Crippen LogP contribution in [0.4, 0.5) is 5.82 Å². The second-order valence-electron chi connectivity index (χ2n) is 4.24. The number of carbonyl (C=O) groups excluding carboxylic acids is 1. The Morgan fingerprint density at radius 3 is 2.74 bits per heavy atom. The van der Waals surface area contributed by atoms with Gasteiger partial charge >= 0.3 is 0 Å². The van der Waals surface area contributed by atoms with Crippen molar-refractivity contribution >= 4 is 23.3 Å².